The predicted molar refractivity (Wildman–Crippen MR) is 91.9 cm³/mol. The second kappa shape index (κ2) is 7.34. The standard InChI is InChI=1S/C18H29N3O/c1-3-16-13-20-17-12-15(5-6-18(17)22-16)11-14(2)21-9-4-7-19-8-10-21/h5-6,12,14,16,19-20H,3-4,7-11,13H2,1-2H3. The van der Waals surface area contributed by atoms with Crippen LogP contribution in [0.15, 0.2) is 18.2 Å². The van der Waals surface area contributed by atoms with E-state index in [1.165, 1.54) is 18.5 Å². The molecule has 4 nitrogen and oxygen atoms in total. The van der Waals surface area contributed by atoms with Crippen molar-refractivity contribution < 1.29 is 4.74 Å². The minimum absolute atomic E-state index is 0.307. The Morgan fingerprint density at radius 2 is 2.23 bits per heavy atom. The van der Waals surface area contributed by atoms with Gasteiger partial charge in [-0.25, -0.2) is 0 Å². The molecule has 22 heavy (non-hydrogen) atoms. The quantitative estimate of drug-likeness (QED) is 0.896. The van der Waals surface area contributed by atoms with E-state index in [1.54, 1.807) is 0 Å². The molecule has 0 aromatic heterocycles. The number of fused-ring (bicyclic) bond motifs is 1. The van der Waals surface area contributed by atoms with Gasteiger partial charge in [0.15, 0.2) is 0 Å². The number of ether oxygens (including phenoxy) is 1. The highest BCUT2D eigenvalue weighted by atomic mass is 16.5. The summed E-state index contributed by atoms with van der Waals surface area (Å²) < 4.78 is 5.99. The highest BCUT2D eigenvalue weighted by molar-refractivity contribution is 5.59. The highest BCUT2D eigenvalue weighted by Crippen LogP contribution is 2.31. The van der Waals surface area contributed by atoms with Crippen LogP contribution in [-0.4, -0.2) is 49.8 Å². The normalized spacial score (nSPS) is 23.8. The van der Waals surface area contributed by atoms with Gasteiger partial charge < -0.3 is 15.4 Å². The van der Waals surface area contributed by atoms with Crippen molar-refractivity contribution in [3.63, 3.8) is 0 Å². The summed E-state index contributed by atoms with van der Waals surface area (Å²) in [6.07, 6.45) is 3.71. The van der Waals surface area contributed by atoms with E-state index in [0.29, 0.717) is 12.1 Å². The van der Waals surface area contributed by atoms with E-state index in [9.17, 15) is 0 Å². The summed E-state index contributed by atoms with van der Waals surface area (Å²) in [5.41, 5.74) is 2.56. The molecule has 0 saturated carbocycles. The van der Waals surface area contributed by atoms with E-state index in [2.05, 4.69) is 47.6 Å². The topological polar surface area (TPSA) is 36.5 Å². The molecule has 1 aromatic rings. The number of rotatable bonds is 4. The van der Waals surface area contributed by atoms with E-state index >= 15 is 0 Å². The van der Waals surface area contributed by atoms with Crippen LogP contribution in [0.1, 0.15) is 32.3 Å². The van der Waals surface area contributed by atoms with Crippen molar-refractivity contribution in [3.8, 4) is 5.75 Å². The number of hydrogen-bond acceptors (Lipinski definition) is 4. The summed E-state index contributed by atoms with van der Waals surface area (Å²) >= 11 is 0. The van der Waals surface area contributed by atoms with Crippen LogP contribution in [-0.2, 0) is 6.42 Å². The first-order valence-corrected chi connectivity index (χ1v) is 8.74. The van der Waals surface area contributed by atoms with Gasteiger partial charge in [0.1, 0.15) is 11.9 Å². The van der Waals surface area contributed by atoms with E-state index in [0.717, 1.165) is 50.5 Å². The smallest absolute Gasteiger partial charge is 0.142 e. The van der Waals surface area contributed by atoms with Crippen LogP contribution in [0.5, 0.6) is 5.75 Å². The molecule has 1 fully saturated rings. The lowest BCUT2D eigenvalue weighted by Gasteiger charge is -2.29. The van der Waals surface area contributed by atoms with Crippen LogP contribution in [0.4, 0.5) is 5.69 Å². The van der Waals surface area contributed by atoms with E-state index in [-0.39, 0.29) is 0 Å². The maximum absolute atomic E-state index is 5.99. The summed E-state index contributed by atoms with van der Waals surface area (Å²) in [4.78, 5) is 2.61. The molecule has 1 saturated heterocycles. The Labute approximate surface area is 134 Å². The minimum atomic E-state index is 0.307. The van der Waals surface area contributed by atoms with Gasteiger partial charge in [0.2, 0.25) is 0 Å². The molecular formula is C18H29N3O. The van der Waals surface area contributed by atoms with Crippen LogP contribution in [0.2, 0.25) is 0 Å². The Hall–Kier alpha value is -1.26. The molecule has 0 spiro atoms. The Bertz CT molecular complexity index is 483. The molecule has 2 N–H and O–H groups in total. The third-order valence-electron chi connectivity index (χ3n) is 4.84. The summed E-state index contributed by atoms with van der Waals surface area (Å²) in [6, 6.07) is 7.22. The Morgan fingerprint density at radius 1 is 1.32 bits per heavy atom. The SMILES string of the molecule is CCC1CNc2cc(CC(C)N3CCCNCC3)ccc2O1. The Morgan fingerprint density at radius 3 is 3.09 bits per heavy atom. The van der Waals surface area contributed by atoms with Crippen LogP contribution in [0.25, 0.3) is 0 Å². The molecule has 0 aliphatic carbocycles. The molecule has 0 radical (unpaired) electrons. The Kier molecular flexibility index (Phi) is 5.21. The van der Waals surface area contributed by atoms with Gasteiger partial charge in [0.25, 0.3) is 0 Å². The molecule has 3 rings (SSSR count). The van der Waals surface area contributed by atoms with Gasteiger partial charge in [-0.1, -0.05) is 13.0 Å². The number of nitrogens with zero attached hydrogens (tertiary/aromatic N) is 1. The molecule has 2 unspecified atom stereocenters. The number of hydrogen-bond donors (Lipinski definition) is 2. The average molecular weight is 303 g/mol. The van der Waals surface area contributed by atoms with Crippen molar-refractivity contribution in [1.29, 1.82) is 0 Å². The zero-order chi connectivity index (χ0) is 15.4. The maximum atomic E-state index is 5.99. The molecule has 2 aliphatic rings. The molecule has 0 amide bonds. The molecule has 2 atom stereocenters. The first-order chi connectivity index (χ1) is 10.8. The molecular weight excluding hydrogens is 274 g/mol. The predicted octanol–water partition coefficient (Wildman–Crippen LogP) is 2.50. The third-order valence-corrected chi connectivity index (χ3v) is 4.84. The van der Waals surface area contributed by atoms with Crippen molar-refractivity contribution in [2.45, 2.75) is 45.3 Å². The summed E-state index contributed by atoms with van der Waals surface area (Å²) in [5, 5.41) is 7.00. The highest BCUT2D eigenvalue weighted by Gasteiger charge is 2.19. The lowest BCUT2D eigenvalue weighted by Crippen LogP contribution is -2.37. The van der Waals surface area contributed by atoms with Gasteiger partial charge >= 0.3 is 0 Å². The number of benzene rings is 1. The second-order valence-electron chi connectivity index (χ2n) is 6.55. The summed E-state index contributed by atoms with van der Waals surface area (Å²) in [5.74, 6) is 1.01. The van der Waals surface area contributed by atoms with Gasteiger partial charge in [0, 0.05) is 19.1 Å². The number of nitrogens with one attached hydrogen (secondary N) is 2. The van der Waals surface area contributed by atoms with Gasteiger partial charge in [-0.05, 0) is 57.0 Å². The van der Waals surface area contributed by atoms with Crippen LogP contribution in [0, 0.1) is 0 Å². The molecule has 1 aromatic carbocycles. The van der Waals surface area contributed by atoms with E-state index in [1.807, 2.05) is 0 Å². The van der Waals surface area contributed by atoms with Crippen molar-refractivity contribution in [1.82, 2.24) is 10.2 Å². The van der Waals surface area contributed by atoms with Gasteiger partial charge in [-0.3, -0.25) is 4.90 Å². The zero-order valence-electron chi connectivity index (χ0n) is 13.9. The van der Waals surface area contributed by atoms with Crippen molar-refractivity contribution >= 4 is 5.69 Å². The first-order valence-electron chi connectivity index (χ1n) is 8.74. The molecule has 0 bridgehead atoms. The van der Waals surface area contributed by atoms with Gasteiger partial charge in [-0.15, -0.1) is 0 Å². The summed E-state index contributed by atoms with van der Waals surface area (Å²) in [7, 11) is 0. The van der Waals surface area contributed by atoms with Crippen molar-refractivity contribution in [3.05, 3.63) is 23.8 Å². The minimum Gasteiger partial charge on any atom is -0.486 e. The lowest BCUT2D eigenvalue weighted by molar-refractivity contribution is 0.201. The maximum Gasteiger partial charge on any atom is 0.142 e. The number of anilines is 1. The van der Waals surface area contributed by atoms with Crippen molar-refractivity contribution in [2.24, 2.45) is 0 Å². The van der Waals surface area contributed by atoms with Crippen LogP contribution < -0.4 is 15.4 Å². The lowest BCUT2D eigenvalue weighted by atomic mass is 10.0. The largest absolute Gasteiger partial charge is 0.486 e. The zero-order valence-corrected chi connectivity index (χ0v) is 13.9. The second-order valence-corrected chi connectivity index (χ2v) is 6.55. The first kappa shape index (κ1) is 15.6. The fourth-order valence-electron chi connectivity index (χ4n) is 3.40. The van der Waals surface area contributed by atoms with Crippen LogP contribution >= 0.6 is 0 Å². The average Bonchev–Trinajstić information content (AvgIpc) is 2.83. The summed E-state index contributed by atoms with van der Waals surface area (Å²) in [6.45, 7) is 10.1. The molecule has 2 aliphatic heterocycles. The van der Waals surface area contributed by atoms with Gasteiger partial charge in [-0.2, -0.15) is 0 Å². The monoisotopic (exact) mass is 303 g/mol. The molecule has 122 valence electrons. The third kappa shape index (κ3) is 3.73. The van der Waals surface area contributed by atoms with E-state index in [4.69, 9.17) is 4.74 Å². The molecule has 2 heterocycles. The van der Waals surface area contributed by atoms with Crippen LogP contribution in [0.3, 0.4) is 0 Å². The fraction of sp³-hybridized carbons (Fsp3) is 0.667. The molecule has 4 heteroatoms. The van der Waals surface area contributed by atoms with Crippen molar-refractivity contribution in [2.75, 3.05) is 38.0 Å². The Balaban J connectivity index is 1.63. The van der Waals surface area contributed by atoms with E-state index < -0.39 is 0 Å². The van der Waals surface area contributed by atoms with Gasteiger partial charge in [0.05, 0.1) is 12.2 Å². The fourth-order valence-corrected chi connectivity index (χ4v) is 3.40.